The van der Waals surface area contributed by atoms with E-state index in [9.17, 15) is 4.79 Å². The summed E-state index contributed by atoms with van der Waals surface area (Å²) in [4.78, 5) is 16.5. The molecular weight excluding hydrogens is 327 g/mol. The van der Waals surface area contributed by atoms with Crippen molar-refractivity contribution < 1.29 is 14.3 Å². The number of methoxy groups -OCH3 is 2. The highest BCUT2D eigenvalue weighted by Crippen LogP contribution is 2.25. The molecule has 1 amide bonds. The average molecular weight is 341 g/mol. The molecule has 1 N–H and O–H groups in total. The van der Waals surface area contributed by atoms with Gasteiger partial charge in [-0.05, 0) is 30.3 Å². The van der Waals surface area contributed by atoms with E-state index in [2.05, 4.69) is 10.3 Å². The van der Waals surface area contributed by atoms with Crippen molar-refractivity contribution in [3.63, 3.8) is 0 Å². The molecule has 0 saturated carbocycles. The predicted molar refractivity (Wildman–Crippen MR) is 85.4 cm³/mol. The van der Waals surface area contributed by atoms with Gasteiger partial charge in [0.25, 0.3) is 5.91 Å². The van der Waals surface area contributed by atoms with Crippen LogP contribution in [0.3, 0.4) is 0 Å². The van der Waals surface area contributed by atoms with E-state index >= 15 is 0 Å². The molecule has 22 heavy (non-hydrogen) atoms. The van der Waals surface area contributed by atoms with Crippen LogP contribution in [0.4, 0.5) is 5.69 Å². The second-order valence-electron chi connectivity index (χ2n) is 4.33. The van der Waals surface area contributed by atoms with Crippen molar-refractivity contribution in [1.29, 1.82) is 0 Å². The maximum absolute atomic E-state index is 12.2. The summed E-state index contributed by atoms with van der Waals surface area (Å²) in [6.07, 6.45) is -0.627. The fraction of sp³-hybridized carbons (Fsp3) is 0.200. The zero-order valence-corrected chi connectivity index (χ0v) is 13.5. The van der Waals surface area contributed by atoms with E-state index in [1.54, 1.807) is 36.4 Å². The second-order valence-corrected chi connectivity index (χ2v) is 5.15. The monoisotopic (exact) mass is 340 g/mol. The SMILES string of the molecule is COC(OC)c1cccc(C(=O)Nc2ccc(Cl)c(Cl)c2)n1. The summed E-state index contributed by atoms with van der Waals surface area (Å²) in [6.45, 7) is 0. The van der Waals surface area contributed by atoms with Gasteiger partial charge in [-0.1, -0.05) is 29.3 Å². The number of anilines is 1. The number of hydrogen-bond donors (Lipinski definition) is 1. The standard InChI is InChI=1S/C15H14Cl2N2O3/c1-21-15(22-2)13-5-3-4-12(19-13)14(20)18-9-6-7-10(16)11(17)8-9/h3-8,15H,1-2H3,(H,18,20). The molecule has 0 saturated heterocycles. The van der Waals surface area contributed by atoms with Crippen molar-refractivity contribution in [2.24, 2.45) is 0 Å². The third kappa shape index (κ3) is 3.96. The minimum atomic E-state index is -0.627. The molecule has 0 aliphatic heterocycles. The molecule has 1 heterocycles. The van der Waals surface area contributed by atoms with Crippen LogP contribution >= 0.6 is 23.2 Å². The van der Waals surface area contributed by atoms with Crippen molar-refractivity contribution in [3.05, 3.63) is 57.8 Å². The van der Waals surface area contributed by atoms with Crippen LogP contribution in [0.1, 0.15) is 22.5 Å². The first-order valence-electron chi connectivity index (χ1n) is 6.34. The molecule has 0 radical (unpaired) electrons. The quantitative estimate of drug-likeness (QED) is 0.837. The van der Waals surface area contributed by atoms with E-state index in [-0.39, 0.29) is 11.6 Å². The van der Waals surface area contributed by atoms with Gasteiger partial charge in [0.2, 0.25) is 6.29 Å². The Morgan fingerprint density at radius 3 is 2.50 bits per heavy atom. The van der Waals surface area contributed by atoms with Crippen LogP contribution in [0.2, 0.25) is 10.0 Å². The second kappa shape index (κ2) is 7.56. The lowest BCUT2D eigenvalue weighted by atomic mass is 10.2. The van der Waals surface area contributed by atoms with Gasteiger partial charge in [-0.3, -0.25) is 4.79 Å². The van der Waals surface area contributed by atoms with E-state index in [4.69, 9.17) is 32.7 Å². The van der Waals surface area contributed by atoms with E-state index in [1.807, 2.05) is 0 Å². The maximum Gasteiger partial charge on any atom is 0.274 e. The molecule has 2 rings (SSSR count). The van der Waals surface area contributed by atoms with Crippen molar-refractivity contribution in [2.75, 3.05) is 19.5 Å². The molecule has 0 atom stereocenters. The molecule has 1 aromatic heterocycles. The number of benzene rings is 1. The number of ether oxygens (including phenoxy) is 2. The van der Waals surface area contributed by atoms with Crippen molar-refractivity contribution in [3.8, 4) is 0 Å². The Balaban J connectivity index is 2.18. The minimum Gasteiger partial charge on any atom is -0.350 e. The Bertz CT molecular complexity index is 676. The number of rotatable bonds is 5. The lowest BCUT2D eigenvalue weighted by Gasteiger charge is -2.13. The van der Waals surface area contributed by atoms with Crippen LogP contribution in [-0.4, -0.2) is 25.1 Å². The van der Waals surface area contributed by atoms with Crippen LogP contribution in [0.15, 0.2) is 36.4 Å². The summed E-state index contributed by atoms with van der Waals surface area (Å²) < 4.78 is 10.2. The smallest absolute Gasteiger partial charge is 0.274 e. The van der Waals surface area contributed by atoms with Crippen LogP contribution in [0.25, 0.3) is 0 Å². The third-order valence-electron chi connectivity index (χ3n) is 2.85. The topological polar surface area (TPSA) is 60.5 Å². The predicted octanol–water partition coefficient (Wildman–Crippen LogP) is 3.93. The van der Waals surface area contributed by atoms with Gasteiger partial charge in [0.15, 0.2) is 0 Å². The number of aromatic nitrogens is 1. The third-order valence-corrected chi connectivity index (χ3v) is 3.59. The molecular formula is C15H14Cl2N2O3. The molecule has 0 aliphatic carbocycles. The zero-order chi connectivity index (χ0) is 16.1. The van der Waals surface area contributed by atoms with Crippen LogP contribution in [-0.2, 0) is 9.47 Å². The van der Waals surface area contributed by atoms with Gasteiger partial charge >= 0.3 is 0 Å². The minimum absolute atomic E-state index is 0.239. The molecule has 116 valence electrons. The van der Waals surface area contributed by atoms with Gasteiger partial charge < -0.3 is 14.8 Å². The molecule has 0 fully saturated rings. The summed E-state index contributed by atoms with van der Waals surface area (Å²) in [6, 6.07) is 9.85. The average Bonchev–Trinajstić information content (AvgIpc) is 2.52. The van der Waals surface area contributed by atoms with E-state index in [0.717, 1.165) is 0 Å². The van der Waals surface area contributed by atoms with Crippen molar-refractivity contribution in [2.45, 2.75) is 6.29 Å². The van der Waals surface area contributed by atoms with Crippen molar-refractivity contribution in [1.82, 2.24) is 4.98 Å². The number of hydrogen-bond acceptors (Lipinski definition) is 4. The number of pyridine rings is 1. The highest BCUT2D eigenvalue weighted by molar-refractivity contribution is 6.42. The number of amides is 1. The van der Waals surface area contributed by atoms with Gasteiger partial charge in [-0.25, -0.2) is 4.98 Å². The Hall–Kier alpha value is -1.66. The van der Waals surface area contributed by atoms with E-state index in [1.165, 1.54) is 14.2 Å². The first-order valence-corrected chi connectivity index (χ1v) is 7.09. The molecule has 1 aromatic carbocycles. The molecule has 2 aromatic rings. The summed E-state index contributed by atoms with van der Waals surface area (Å²) in [5.74, 6) is -0.369. The van der Waals surface area contributed by atoms with Gasteiger partial charge in [-0.2, -0.15) is 0 Å². The fourth-order valence-electron chi connectivity index (χ4n) is 1.82. The number of nitrogens with zero attached hydrogens (tertiary/aromatic N) is 1. The first kappa shape index (κ1) is 16.7. The number of carbonyl (C=O) groups is 1. The summed E-state index contributed by atoms with van der Waals surface area (Å²) in [5, 5.41) is 3.48. The zero-order valence-electron chi connectivity index (χ0n) is 12.0. The summed E-state index contributed by atoms with van der Waals surface area (Å²) in [7, 11) is 3.00. The van der Waals surface area contributed by atoms with Gasteiger partial charge in [0.1, 0.15) is 5.69 Å². The van der Waals surface area contributed by atoms with Crippen molar-refractivity contribution >= 4 is 34.8 Å². The number of nitrogens with one attached hydrogen (secondary N) is 1. The van der Waals surface area contributed by atoms with E-state index in [0.29, 0.717) is 21.4 Å². The Morgan fingerprint density at radius 2 is 1.86 bits per heavy atom. The maximum atomic E-state index is 12.2. The largest absolute Gasteiger partial charge is 0.350 e. The van der Waals surface area contributed by atoms with Crippen LogP contribution in [0.5, 0.6) is 0 Å². The van der Waals surface area contributed by atoms with Crippen LogP contribution < -0.4 is 5.32 Å². The first-order chi connectivity index (χ1) is 10.5. The molecule has 0 aliphatic rings. The Labute approximate surface area is 138 Å². The normalized spacial score (nSPS) is 10.8. The van der Waals surface area contributed by atoms with Crippen LogP contribution in [0, 0.1) is 0 Å². The van der Waals surface area contributed by atoms with Gasteiger partial charge in [0, 0.05) is 19.9 Å². The highest BCUT2D eigenvalue weighted by atomic mass is 35.5. The fourth-order valence-corrected chi connectivity index (χ4v) is 2.11. The van der Waals surface area contributed by atoms with Gasteiger partial charge in [0.05, 0.1) is 15.7 Å². The molecule has 5 nitrogen and oxygen atoms in total. The van der Waals surface area contributed by atoms with E-state index < -0.39 is 6.29 Å². The highest BCUT2D eigenvalue weighted by Gasteiger charge is 2.14. The Kier molecular flexibility index (Phi) is 5.74. The summed E-state index contributed by atoms with van der Waals surface area (Å²) >= 11 is 11.8. The summed E-state index contributed by atoms with van der Waals surface area (Å²) in [5.41, 5.74) is 1.27. The Morgan fingerprint density at radius 1 is 1.14 bits per heavy atom. The molecule has 0 spiro atoms. The molecule has 7 heteroatoms. The van der Waals surface area contributed by atoms with Gasteiger partial charge in [-0.15, -0.1) is 0 Å². The molecule has 0 bridgehead atoms. The molecule has 0 unspecified atom stereocenters. The number of carbonyl (C=O) groups excluding carboxylic acids is 1. The lowest BCUT2D eigenvalue weighted by Crippen LogP contribution is -2.16. The number of halogens is 2. The lowest BCUT2D eigenvalue weighted by molar-refractivity contribution is -0.108.